The highest BCUT2D eigenvalue weighted by molar-refractivity contribution is 5.51. The summed E-state index contributed by atoms with van der Waals surface area (Å²) >= 11 is 0. The van der Waals surface area contributed by atoms with Gasteiger partial charge in [-0.05, 0) is 12.1 Å². The number of hydrazine groups is 1. The van der Waals surface area contributed by atoms with E-state index in [1.54, 1.807) is 0 Å². The normalized spacial score (nSPS) is 15.2. The zero-order valence-electron chi connectivity index (χ0n) is 6.83. The van der Waals surface area contributed by atoms with Gasteiger partial charge >= 0.3 is 0 Å². The fourth-order valence-electron chi connectivity index (χ4n) is 1.19. The van der Waals surface area contributed by atoms with Crippen LogP contribution in [-0.2, 0) is 0 Å². The summed E-state index contributed by atoms with van der Waals surface area (Å²) in [4.78, 5) is 0. The summed E-state index contributed by atoms with van der Waals surface area (Å²) < 4.78 is 2.04. The van der Waals surface area contributed by atoms with Crippen LogP contribution in [0.3, 0.4) is 0 Å². The molecule has 0 saturated heterocycles. The zero-order chi connectivity index (χ0) is 8.23. The van der Waals surface area contributed by atoms with E-state index >= 15 is 0 Å². The van der Waals surface area contributed by atoms with E-state index in [0.29, 0.717) is 0 Å². The van der Waals surface area contributed by atoms with Crippen LogP contribution in [0.25, 0.3) is 0 Å². The second-order valence-electron chi connectivity index (χ2n) is 2.75. The third kappa shape index (κ3) is 1.56. The van der Waals surface area contributed by atoms with Gasteiger partial charge in [0.2, 0.25) is 0 Å². The maximum Gasteiger partial charge on any atom is 0.255 e. The van der Waals surface area contributed by atoms with E-state index in [1.165, 1.54) is 0 Å². The molecule has 1 heterocycles. The van der Waals surface area contributed by atoms with Gasteiger partial charge < -0.3 is 0 Å². The lowest BCUT2D eigenvalue weighted by Crippen LogP contribution is -2.17. The molecule has 0 bridgehead atoms. The highest BCUT2D eigenvalue weighted by Gasteiger charge is 2.07. The van der Waals surface area contributed by atoms with Crippen LogP contribution in [0.4, 0.5) is 5.69 Å². The molecule has 0 fully saturated rings. The molecule has 0 spiro atoms. The Morgan fingerprint density at radius 2 is 2.08 bits per heavy atom. The number of nitrogens with one attached hydrogen (secondary N) is 2. The van der Waals surface area contributed by atoms with Crippen molar-refractivity contribution in [2.45, 2.75) is 0 Å². The Labute approximate surface area is 71.7 Å². The Bertz CT molecular complexity index is 279. The molecular formula is C9H12N3+. The molecule has 0 aromatic heterocycles. The summed E-state index contributed by atoms with van der Waals surface area (Å²) in [5, 5.41) is 3.13. The quantitative estimate of drug-likeness (QED) is 0.625. The summed E-state index contributed by atoms with van der Waals surface area (Å²) in [6.07, 6.45) is 1.95. The molecule has 1 aliphatic rings. The first-order chi connectivity index (χ1) is 5.95. The van der Waals surface area contributed by atoms with Crippen LogP contribution in [0.15, 0.2) is 30.3 Å². The maximum absolute atomic E-state index is 3.26. The molecule has 1 aromatic carbocycles. The Morgan fingerprint density at radius 1 is 1.25 bits per heavy atom. The van der Waals surface area contributed by atoms with Gasteiger partial charge in [0.05, 0.1) is 5.69 Å². The first-order valence-corrected chi connectivity index (χ1v) is 4.10. The van der Waals surface area contributed by atoms with Gasteiger partial charge in [-0.15, -0.1) is 0 Å². The molecule has 2 N–H and O–H groups in total. The van der Waals surface area contributed by atoms with Crippen LogP contribution in [0.1, 0.15) is 0 Å². The molecule has 1 aromatic rings. The van der Waals surface area contributed by atoms with E-state index in [1.807, 2.05) is 41.4 Å². The highest BCUT2D eigenvalue weighted by atomic mass is 15.5. The van der Waals surface area contributed by atoms with Gasteiger partial charge in [-0.2, -0.15) is 4.68 Å². The van der Waals surface area contributed by atoms with E-state index < -0.39 is 0 Å². The fraction of sp³-hybridized carbons (Fsp3) is 0.222. The SMILES string of the molecule is C1=[N+](Nc2ccccc2)CCN1. The smallest absolute Gasteiger partial charge is 0.255 e. The molecule has 0 unspecified atom stereocenters. The molecule has 0 aliphatic carbocycles. The molecule has 0 saturated carbocycles. The Hall–Kier alpha value is -1.51. The largest absolute Gasteiger partial charge is 0.275 e. The number of rotatable bonds is 2. The highest BCUT2D eigenvalue weighted by Crippen LogP contribution is 2.04. The lowest BCUT2D eigenvalue weighted by atomic mass is 10.3. The second-order valence-corrected chi connectivity index (χ2v) is 2.75. The van der Waals surface area contributed by atoms with Gasteiger partial charge in [-0.25, -0.2) is 5.43 Å². The minimum Gasteiger partial charge on any atom is -0.275 e. The minimum absolute atomic E-state index is 1.01. The van der Waals surface area contributed by atoms with Gasteiger partial charge in [0.1, 0.15) is 13.1 Å². The lowest BCUT2D eigenvalue weighted by Gasteiger charge is -2.02. The minimum atomic E-state index is 1.01. The van der Waals surface area contributed by atoms with Crippen LogP contribution >= 0.6 is 0 Å². The molecule has 3 nitrogen and oxygen atoms in total. The van der Waals surface area contributed by atoms with Gasteiger partial charge in [0, 0.05) is 0 Å². The van der Waals surface area contributed by atoms with E-state index in [2.05, 4.69) is 10.7 Å². The van der Waals surface area contributed by atoms with Crippen LogP contribution in [0.5, 0.6) is 0 Å². The zero-order valence-corrected chi connectivity index (χ0v) is 6.83. The molecule has 62 valence electrons. The van der Waals surface area contributed by atoms with Crippen LogP contribution in [0, 0.1) is 0 Å². The number of benzene rings is 1. The van der Waals surface area contributed by atoms with Crippen molar-refractivity contribution in [3.05, 3.63) is 30.3 Å². The first kappa shape index (κ1) is 7.16. The van der Waals surface area contributed by atoms with Crippen molar-refractivity contribution < 1.29 is 4.68 Å². The van der Waals surface area contributed by atoms with Crippen molar-refractivity contribution in [3.8, 4) is 0 Å². The predicted molar refractivity (Wildman–Crippen MR) is 49.3 cm³/mol. The lowest BCUT2D eigenvalue weighted by molar-refractivity contribution is -0.481. The third-order valence-electron chi connectivity index (χ3n) is 1.79. The number of anilines is 1. The topological polar surface area (TPSA) is 27.1 Å². The second kappa shape index (κ2) is 3.26. The maximum atomic E-state index is 3.26. The van der Waals surface area contributed by atoms with Gasteiger partial charge in [-0.1, -0.05) is 18.2 Å². The van der Waals surface area contributed by atoms with Crippen LogP contribution in [-0.4, -0.2) is 24.1 Å². The molecular weight excluding hydrogens is 150 g/mol. The molecule has 0 radical (unpaired) electrons. The van der Waals surface area contributed by atoms with Crippen molar-refractivity contribution in [2.24, 2.45) is 0 Å². The van der Waals surface area contributed by atoms with Crippen molar-refractivity contribution in [1.82, 2.24) is 5.32 Å². The van der Waals surface area contributed by atoms with E-state index in [0.717, 1.165) is 18.8 Å². The Balaban J connectivity index is 2.04. The van der Waals surface area contributed by atoms with E-state index in [9.17, 15) is 0 Å². The van der Waals surface area contributed by atoms with E-state index in [-0.39, 0.29) is 0 Å². The first-order valence-electron chi connectivity index (χ1n) is 4.10. The summed E-state index contributed by atoms with van der Waals surface area (Å²) in [5.41, 5.74) is 4.38. The van der Waals surface area contributed by atoms with Gasteiger partial charge in [0.25, 0.3) is 6.34 Å². The van der Waals surface area contributed by atoms with Crippen molar-refractivity contribution in [1.29, 1.82) is 0 Å². The fourth-order valence-corrected chi connectivity index (χ4v) is 1.19. The predicted octanol–water partition coefficient (Wildman–Crippen LogP) is 0.657. The number of nitrogens with zero attached hydrogens (tertiary/aromatic N) is 1. The number of hydrogen-bond acceptors (Lipinski definition) is 2. The third-order valence-corrected chi connectivity index (χ3v) is 1.79. The molecule has 0 atom stereocenters. The van der Waals surface area contributed by atoms with Gasteiger partial charge in [-0.3, -0.25) is 5.32 Å². The molecule has 12 heavy (non-hydrogen) atoms. The van der Waals surface area contributed by atoms with Crippen molar-refractivity contribution >= 4 is 12.0 Å². The summed E-state index contributed by atoms with van der Waals surface area (Å²) in [7, 11) is 0. The van der Waals surface area contributed by atoms with Crippen LogP contribution in [0.2, 0.25) is 0 Å². The Kier molecular flexibility index (Phi) is 1.94. The summed E-state index contributed by atoms with van der Waals surface area (Å²) in [6.45, 7) is 2.02. The number of hydrogen-bond donors (Lipinski definition) is 2. The molecule has 3 heteroatoms. The monoisotopic (exact) mass is 162 g/mol. The average molecular weight is 162 g/mol. The van der Waals surface area contributed by atoms with E-state index in [4.69, 9.17) is 0 Å². The average Bonchev–Trinajstić information content (AvgIpc) is 2.59. The summed E-state index contributed by atoms with van der Waals surface area (Å²) in [5.74, 6) is 0. The number of hydrazone groups is 1. The van der Waals surface area contributed by atoms with Gasteiger partial charge in [0.15, 0.2) is 0 Å². The molecule has 2 rings (SSSR count). The van der Waals surface area contributed by atoms with Crippen LogP contribution < -0.4 is 10.7 Å². The Morgan fingerprint density at radius 3 is 2.75 bits per heavy atom. The molecule has 1 aliphatic heterocycles. The van der Waals surface area contributed by atoms with Crippen molar-refractivity contribution in [3.63, 3.8) is 0 Å². The van der Waals surface area contributed by atoms with Crippen molar-refractivity contribution in [2.75, 3.05) is 18.5 Å². The molecule has 0 amide bonds. The number of para-hydroxylation sites is 1. The summed E-state index contributed by atoms with van der Waals surface area (Å²) in [6, 6.07) is 10.1. The standard InChI is InChI=1S/C9H11N3/c1-2-4-9(5-3-1)11-12-7-6-10-8-12/h1-5,8,11H,6-7H2/p+1.